The average molecular weight is 238 g/mol. The second-order valence-electron chi connectivity index (χ2n) is 3.37. The number of carbonyl (C=O) groups excluding carboxylic acids is 2. The number of thiazole rings is 1. The topological polar surface area (TPSA) is 83.5 Å². The Labute approximate surface area is 95.8 Å². The first-order valence-electron chi connectivity index (χ1n) is 4.68. The van der Waals surface area contributed by atoms with Crippen molar-refractivity contribution in [2.75, 3.05) is 0 Å². The molecule has 0 radical (unpaired) electrons. The third kappa shape index (κ3) is 2.08. The number of nitrogens with one attached hydrogen (secondary N) is 2. The van der Waals surface area contributed by atoms with E-state index in [1.807, 2.05) is 13.8 Å². The van der Waals surface area contributed by atoms with Crippen molar-refractivity contribution in [3.05, 3.63) is 16.1 Å². The van der Waals surface area contributed by atoms with Gasteiger partial charge < -0.3 is 0 Å². The molecule has 0 aromatic carbocycles. The maximum absolute atomic E-state index is 10.9. The van der Waals surface area contributed by atoms with E-state index in [4.69, 9.17) is 0 Å². The Hall–Kier alpha value is -1.76. The van der Waals surface area contributed by atoms with Crippen LogP contribution in [0.15, 0.2) is 11.2 Å². The summed E-state index contributed by atoms with van der Waals surface area (Å²) in [6, 6.07) is -0.188. The minimum Gasteiger partial charge on any atom is -0.288 e. The lowest BCUT2D eigenvalue weighted by Gasteiger charge is -2.02. The molecule has 1 aromatic rings. The third-order valence-corrected chi connectivity index (χ3v) is 3.07. The fourth-order valence-corrected chi connectivity index (χ4v) is 2.00. The van der Waals surface area contributed by atoms with Crippen LogP contribution in [0.5, 0.6) is 0 Å². The summed E-state index contributed by atoms with van der Waals surface area (Å²) in [6.07, 6.45) is 1.77. The Morgan fingerprint density at radius 2 is 2.00 bits per heavy atom. The Kier molecular flexibility index (Phi) is 2.69. The van der Waals surface area contributed by atoms with Crippen LogP contribution in [0.3, 0.4) is 0 Å². The van der Waals surface area contributed by atoms with Crippen molar-refractivity contribution in [2.45, 2.75) is 19.9 Å². The molecular formula is C9H10N4O2S. The van der Waals surface area contributed by atoms with Crippen LogP contribution in [0, 0.1) is 6.92 Å². The fourth-order valence-electron chi connectivity index (χ4n) is 1.24. The van der Waals surface area contributed by atoms with Gasteiger partial charge in [0.2, 0.25) is 5.96 Å². The van der Waals surface area contributed by atoms with Gasteiger partial charge in [-0.2, -0.15) is 0 Å². The number of aliphatic imine (C=N–C) groups is 1. The minimum absolute atomic E-state index is 0.188. The highest BCUT2D eigenvalue weighted by Crippen LogP contribution is 2.21. The van der Waals surface area contributed by atoms with Crippen molar-refractivity contribution in [1.82, 2.24) is 15.6 Å². The SMILES string of the molecule is Cc1cnc(C(C)N=C2NC(=O)C(=O)N2)s1. The van der Waals surface area contributed by atoms with Crippen LogP contribution in [0.4, 0.5) is 0 Å². The van der Waals surface area contributed by atoms with Crippen LogP contribution in [-0.2, 0) is 9.59 Å². The predicted molar refractivity (Wildman–Crippen MR) is 59.0 cm³/mol. The van der Waals surface area contributed by atoms with E-state index in [1.54, 1.807) is 6.20 Å². The first-order chi connectivity index (χ1) is 7.56. The van der Waals surface area contributed by atoms with Crippen LogP contribution < -0.4 is 10.6 Å². The zero-order valence-electron chi connectivity index (χ0n) is 8.77. The van der Waals surface area contributed by atoms with Gasteiger partial charge in [0.1, 0.15) is 11.0 Å². The van der Waals surface area contributed by atoms with Crippen molar-refractivity contribution in [3.63, 3.8) is 0 Å². The summed E-state index contributed by atoms with van der Waals surface area (Å²) in [5.41, 5.74) is 0. The second kappa shape index (κ2) is 4.01. The van der Waals surface area contributed by atoms with Crippen LogP contribution in [0.25, 0.3) is 0 Å². The molecule has 1 atom stereocenters. The molecule has 1 aliphatic rings. The molecule has 7 heteroatoms. The summed E-state index contributed by atoms with van der Waals surface area (Å²) in [5.74, 6) is -1.17. The van der Waals surface area contributed by atoms with Crippen LogP contribution >= 0.6 is 11.3 Å². The highest BCUT2D eigenvalue weighted by molar-refractivity contribution is 7.11. The van der Waals surface area contributed by atoms with Crippen LogP contribution in [0.2, 0.25) is 0 Å². The number of hydrogen-bond donors (Lipinski definition) is 2. The van der Waals surface area contributed by atoms with Gasteiger partial charge in [-0.15, -0.1) is 11.3 Å². The molecular weight excluding hydrogens is 228 g/mol. The molecule has 2 heterocycles. The first-order valence-corrected chi connectivity index (χ1v) is 5.50. The molecule has 1 fully saturated rings. The number of hydrogen-bond acceptors (Lipinski definition) is 5. The van der Waals surface area contributed by atoms with E-state index in [0.29, 0.717) is 0 Å². The quantitative estimate of drug-likeness (QED) is 0.717. The molecule has 1 aliphatic heterocycles. The van der Waals surface area contributed by atoms with E-state index >= 15 is 0 Å². The summed E-state index contributed by atoms with van der Waals surface area (Å²) in [5, 5.41) is 5.52. The van der Waals surface area contributed by atoms with E-state index in [-0.39, 0.29) is 12.0 Å². The number of guanidine groups is 1. The molecule has 84 valence electrons. The molecule has 16 heavy (non-hydrogen) atoms. The molecule has 2 rings (SSSR count). The van der Waals surface area contributed by atoms with E-state index in [9.17, 15) is 9.59 Å². The molecule has 2 N–H and O–H groups in total. The van der Waals surface area contributed by atoms with Gasteiger partial charge in [0.25, 0.3) is 0 Å². The lowest BCUT2D eigenvalue weighted by Crippen LogP contribution is -2.26. The van der Waals surface area contributed by atoms with Crippen molar-refractivity contribution < 1.29 is 9.59 Å². The maximum atomic E-state index is 10.9. The monoisotopic (exact) mass is 238 g/mol. The van der Waals surface area contributed by atoms with Gasteiger partial charge in [0, 0.05) is 11.1 Å². The molecule has 6 nitrogen and oxygen atoms in total. The molecule has 0 bridgehead atoms. The van der Waals surface area contributed by atoms with Gasteiger partial charge in [0.15, 0.2) is 0 Å². The number of aromatic nitrogens is 1. The lowest BCUT2D eigenvalue weighted by atomic mass is 10.4. The molecule has 0 spiro atoms. The number of aryl methyl sites for hydroxylation is 1. The fraction of sp³-hybridized carbons (Fsp3) is 0.333. The van der Waals surface area contributed by atoms with E-state index < -0.39 is 11.8 Å². The van der Waals surface area contributed by atoms with Gasteiger partial charge in [-0.05, 0) is 13.8 Å². The number of carbonyl (C=O) groups is 2. The number of nitrogens with zero attached hydrogens (tertiary/aromatic N) is 2. The van der Waals surface area contributed by atoms with Crippen molar-refractivity contribution in [1.29, 1.82) is 0 Å². The largest absolute Gasteiger partial charge is 0.316 e. The minimum atomic E-state index is -0.679. The van der Waals surface area contributed by atoms with E-state index in [2.05, 4.69) is 20.6 Å². The Bertz CT molecular complexity index is 462. The number of amides is 2. The summed E-state index contributed by atoms with van der Waals surface area (Å²) in [7, 11) is 0. The van der Waals surface area contributed by atoms with E-state index in [0.717, 1.165) is 9.88 Å². The van der Waals surface area contributed by atoms with Crippen molar-refractivity contribution in [3.8, 4) is 0 Å². The summed E-state index contributed by atoms with van der Waals surface area (Å²) >= 11 is 1.54. The summed E-state index contributed by atoms with van der Waals surface area (Å²) in [6.45, 7) is 3.81. The van der Waals surface area contributed by atoms with Gasteiger partial charge in [-0.3, -0.25) is 20.2 Å². The molecule has 1 unspecified atom stereocenters. The van der Waals surface area contributed by atoms with Gasteiger partial charge in [-0.25, -0.2) is 9.98 Å². The van der Waals surface area contributed by atoms with Gasteiger partial charge in [-0.1, -0.05) is 0 Å². The molecule has 1 saturated heterocycles. The third-order valence-electron chi connectivity index (χ3n) is 1.99. The Morgan fingerprint density at radius 1 is 1.38 bits per heavy atom. The average Bonchev–Trinajstić information content (AvgIpc) is 2.75. The smallest absolute Gasteiger partial charge is 0.288 e. The van der Waals surface area contributed by atoms with Crippen molar-refractivity contribution in [2.24, 2.45) is 4.99 Å². The predicted octanol–water partition coefficient (Wildman–Crippen LogP) is 0.115. The molecule has 0 saturated carbocycles. The number of rotatable bonds is 2. The highest BCUT2D eigenvalue weighted by atomic mass is 32.1. The lowest BCUT2D eigenvalue weighted by molar-refractivity contribution is -0.135. The van der Waals surface area contributed by atoms with Gasteiger partial charge >= 0.3 is 11.8 Å². The second-order valence-corrected chi connectivity index (χ2v) is 4.64. The zero-order valence-corrected chi connectivity index (χ0v) is 9.59. The Balaban J connectivity index is 2.13. The van der Waals surface area contributed by atoms with E-state index in [1.165, 1.54) is 11.3 Å². The molecule has 1 aromatic heterocycles. The normalized spacial score (nSPS) is 17.0. The zero-order chi connectivity index (χ0) is 11.7. The standard InChI is InChI=1S/C9H10N4O2S/c1-4-3-10-8(16-4)5(2)11-9-12-6(14)7(15)13-9/h3,5H,1-2H3,(H2,11,12,13,14,15). The maximum Gasteiger partial charge on any atom is 0.316 e. The summed E-state index contributed by atoms with van der Waals surface area (Å²) < 4.78 is 0. The highest BCUT2D eigenvalue weighted by Gasteiger charge is 2.25. The Morgan fingerprint density at radius 3 is 2.50 bits per heavy atom. The van der Waals surface area contributed by atoms with Crippen LogP contribution in [0.1, 0.15) is 22.9 Å². The van der Waals surface area contributed by atoms with Gasteiger partial charge in [0.05, 0.1) is 0 Å². The molecule has 0 aliphatic carbocycles. The molecule has 2 amide bonds. The van der Waals surface area contributed by atoms with Crippen molar-refractivity contribution >= 4 is 29.1 Å². The first kappa shape index (κ1) is 10.7. The summed E-state index contributed by atoms with van der Waals surface area (Å²) in [4.78, 5) is 31.2. The van der Waals surface area contributed by atoms with Crippen LogP contribution in [-0.4, -0.2) is 22.8 Å².